The second-order valence-electron chi connectivity index (χ2n) is 6.42. The molecule has 1 aliphatic carbocycles. The van der Waals surface area contributed by atoms with Gasteiger partial charge in [-0.05, 0) is 54.6 Å². The first-order valence-corrected chi connectivity index (χ1v) is 9.48. The number of anilines is 1. The second kappa shape index (κ2) is 7.44. The topological polar surface area (TPSA) is 50.7 Å². The van der Waals surface area contributed by atoms with E-state index in [1.807, 2.05) is 12.2 Å². The van der Waals surface area contributed by atoms with E-state index in [-0.39, 0.29) is 0 Å². The molecule has 4 nitrogen and oxygen atoms in total. The number of halogens is 3. The lowest BCUT2D eigenvalue weighted by molar-refractivity contribution is -0.137. The van der Waals surface area contributed by atoms with Crippen LogP contribution in [0.5, 0.6) is 0 Å². The zero-order chi connectivity index (χ0) is 20.6. The van der Waals surface area contributed by atoms with Gasteiger partial charge in [-0.2, -0.15) is 13.2 Å². The highest BCUT2D eigenvalue weighted by molar-refractivity contribution is 8.03. The van der Waals surface area contributed by atoms with E-state index in [1.54, 1.807) is 24.3 Å². The van der Waals surface area contributed by atoms with E-state index >= 15 is 0 Å². The van der Waals surface area contributed by atoms with E-state index in [4.69, 9.17) is 0 Å². The molecular formula is C21H15F3N2O2S. The van der Waals surface area contributed by atoms with E-state index in [0.29, 0.717) is 28.3 Å². The largest absolute Gasteiger partial charge is 0.465 e. The highest BCUT2D eigenvalue weighted by Crippen LogP contribution is 2.45. The summed E-state index contributed by atoms with van der Waals surface area (Å²) < 4.78 is 43.7. The summed E-state index contributed by atoms with van der Waals surface area (Å²) in [4.78, 5) is 17.5. The molecule has 0 radical (unpaired) electrons. The van der Waals surface area contributed by atoms with Crippen LogP contribution in [0.15, 0.2) is 75.1 Å². The molecule has 0 atom stereocenters. The monoisotopic (exact) mass is 416 g/mol. The van der Waals surface area contributed by atoms with Crippen LogP contribution in [0.3, 0.4) is 0 Å². The van der Waals surface area contributed by atoms with Crippen LogP contribution in [0.1, 0.15) is 22.3 Å². The molecule has 1 aliphatic heterocycles. The van der Waals surface area contributed by atoms with Crippen LogP contribution < -0.4 is 5.32 Å². The minimum atomic E-state index is -4.38. The number of alkyl halides is 3. The summed E-state index contributed by atoms with van der Waals surface area (Å²) >= 11 is 1.32. The Kier molecular flexibility index (Phi) is 4.96. The van der Waals surface area contributed by atoms with Gasteiger partial charge in [0.2, 0.25) is 0 Å². The fraction of sp³-hybridized carbons (Fsp3) is 0.143. The number of hydrogen-bond acceptors (Lipinski definition) is 5. The molecule has 29 heavy (non-hydrogen) atoms. The number of allylic oxidation sites excluding steroid dienone is 3. The number of thioether (sulfide) groups is 1. The zero-order valence-corrected chi connectivity index (χ0v) is 16.0. The third-order valence-corrected chi connectivity index (χ3v) is 5.63. The molecule has 8 heteroatoms. The number of ether oxygens (including phenoxy) is 1. The molecule has 1 N–H and O–H groups in total. The molecule has 2 aliphatic rings. The predicted octanol–water partition coefficient (Wildman–Crippen LogP) is 5.95. The van der Waals surface area contributed by atoms with Crippen LogP contribution in [0, 0.1) is 0 Å². The summed E-state index contributed by atoms with van der Waals surface area (Å²) in [5.74, 6) is -0.418. The summed E-state index contributed by atoms with van der Waals surface area (Å²) in [6.07, 6.45) is -0.137. The van der Waals surface area contributed by atoms with Crippen LogP contribution >= 0.6 is 11.8 Å². The Bertz CT molecular complexity index is 1070. The van der Waals surface area contributed by atoms with E-state index < -0.39 is 17.7 Å². The maximum absolute atomic E-state index is 13.0. The average Bonchev–Trinajstić information content (AvgIpc) is 2.71. The SMILES string of the molecule is COC(=O)c1ccc(N=C2C=CC3=C(C2)Sc2cc(C(F)(F)F)ccc2N3)cc1. The predicted molar refractivity (Wildman–Crippen MR) is 107 cm³/mol. The van der Waals surface area contributed by atoms with E-state index in [0.717, 1.165) is 28.4 Å². The van der Waals surface area contributed by atoms with Gasteiger partial charge in [-0.25, -0.2) is 4.79 Å². The summed E-state index contributed by atoms with van der Waals surface area (Å²) in [5.41, 5.74) is 2.74. The van der Waals surface area contributed by atoms with Gasteiger partial charge in [-0.15, -0.1) is 0 Å². The number of nitrogens with zero attached hydrogens (tertiary/aromatic N) is 1. The third kappa shape index (κ3) is 4.07. The molecule has 0 bridgehead atoms. The number of methoxy groups -OCH3 is 1. The maximum atomic E-state index is 13.0. The number of hydrogen-bond donors (Lipinski definition) is 1. The van der Waals surface area contributed by atoms with Crippen molar-refractivity contribution in [2.24, 2.45) is 4.99 Å². The Morgan fingerprint density at radius 3 is 2.59 bits per heavy atom. The van der Waals surface area contributed by atoms with Gasteiger partial charge in [0.15, 0.2) is 0 Å². The van der Waals surface area contributed by atoms with Crippen molar-refractivity contribution >= 4 is 34.8 Å². The third-order valence-electron chi connectivity index (χ3n) is 4.46. The van der Waals surface area contributed by atoms with Gasteiger partial charge < -0.3 is 10.1 Å². The summed E-state index contributed by atoms with van der Waals surface area (Å²) in [6.45, 7) is 0. The van der Waals surface area contributed by atoms with Crippen molar-refractivity contribution in [2.45, 2.75) is 17.5 Å². The number of esters is 1. The Balaban J connectivity index is 1.53. The van der Waals surface area contributed by atoms with Gasteiger partial charge in [0.1, 0.15) is 0 Å². The van der Waals surface area contributed by atoms with Crippen LogP contribution in [-0.4, -0.2) is 18.8 Å². The Morgan fingerprint density at radius 1 is 1.14 bits per heavy atom. The molecule has 0 aromatic heterocycles. The first kappa shape index (κ1) is 19.3. The Labute approximate surface area is 169 Å². The fourth-order valence-corrected chi connectivity index (χ4v) is 4.12. The number of fused-ring (bicyclic) bond motifs is 1. The molecule has 2 aromatic rings. The van der Waals surface area contributed by atoms with Crippen LogP contribution in [-0.2, 0) is 10.9 Å². The Hall–Kier alpha value is -3.00. The van der Waals surface area contributed by atoms with Gasteiger partial charge >= 0.3 is 12.1 Å². The molecule has 0 saturated carbocycles. The molecule has 4 rings (SSSR count). The summed E-state index contributed by atoms with van der Waals surface area (Å²) in [7, 11) is 1.32. The summed E-state index contributed by atoms with van der Waals surface area (Å²) in [5, 5.41) is 3.19. The van der Waals surface area contributed by atoms with E-state index in [2.05, 4.69) is 15.0 Å². The van der Waals surface area contributed by atoms with Crippen molar-refractivity contribution in [2.75, 3.05) is 12.4 Å². The number of carbonyl (C=O) groups excluding carboxylic acids is 1. The highest BCUT2D eigenvalue weighted by Gasteiger charge is 2.32. The van der Waals surface area contributed by atoms with E-state index in [1.165, 1.54) is 24.9 Å². The molecule has 0 unspecified atom stereocenters. The number of aliphatic imine (C=N–C) groups is 1. The van der Waals surface area contributed by atoms with Gasteiger partial charge in [0, 0.05) is 27.6 Å². The van der Waals surface area contributed by atoms with Crippen molar-refractivity contribution in [1.82, 2.24) is 0 Å². The second-order valence-corrected chi connectivity index (χ2v) is 7.56. The smallest absolute Gasteiger partial charge is 0.416 e. The highest BCUT2D eigenvalue weighted by atomic mass is 32.2. The number of nitrogens with one attached hydrogen (secondary N) is 1. The molecule has 1 heterocycles. The normalized spacial score (nSPS) is 16.9. The zero-order valence-electron chi connectivity index (χ0n) is 15.2. The quantitative estimate of drug-likeness (QED) is 0.615. The first-order valence-electron chi connectivity index (χ1n) is 8.67. The lowest BCUT2D eigenvalue weighted by atomic mass is 10.1. The van der Waals surface area contributed by atoms with Gasteiger partial charge in [0.25, 0.3) is 0 Å². The maximum Gasteiger partial charge on any atom is 0.416 e. The molecule has 148 valence electrons. The Morgan fingerprint density at radius 2 is 1.90 bits per heavy atom. The minimum Gasteiger partial charge on any atom is -0.465 e. The van der Waals surface area contributed by atoms with Gasteiger partial charge in [-0.3, -0.25) is 4.99 Å². The molecule has 2 aromatic carbocycles. The van der Waals surface area contributed by atoms with Gasteiger partial charge in [-0.1, -0.05) is 11.8 Å². The van der Waals surface area contributed by atoms with Gasteiger partial charge in [0.05, 0.1) is 29.6 Å². The first-order chi connectivity index (χ1) is 13.8. The average molecular weight is 416 g/mol. The number of carbonyl (C=O) groups is 1. The number of benzene rings is 2. The lowest BCUT2D eigenvalue weighted by Crippen LogP contribution is -2.13. The van der Waals surface area contributed by atoms with Crippen molar-refractivity contribution in [3.63, 3.8) is 0 Å². The van der Waals surface area contributed by atoms with Crippen molar-refractivity contribution < 1.29 is 22.7 Å². The molecule has 0 spiro atoms. The standard InChI is InChI=1S/C21H15F3N2O2S/c1-28-20(27)12-2-5-14(6-3-12)25-15-7-9-17-19(11-15)29-18-10-13(21(22,23)24)4-8-16(18)26-17/h2-10,26H,11H2,1H3. The fourth-order valence-electron chi connectivity index (χ4n) is 2.99. The molecule has 0 amide bonds. The van der Waals surface area contributed by atoms with E-state index in [9.17, 15) is 18.0 Å². The van der Waals surface area contributed by atoms with Crippen molar-refractivity contribution in [1.29, 1.82) is 0 Å². The summed E-state index contributed by atoms with van der Waals surface area (Å²) in [6, 6.07) is 10.4. The van der Waals surface area contributed by atoms with Crippen molar-refractivity contribution in [3.8, 4) is 0 Å². The van der Waals surface area contributed by atoms with Crippen LogP contribution in [0.25, 0.3) is 0 Å². The molecule has 0 fully saturated rings. The molecule has 0 saturated heterocycles. The minimum absolute atomic E-state index is 0.418. The van der Waals surface area contributed by atoms with Crippen molar-refractivity contribution in [3.05, 3.63) is 76.3 Å². The molecular weight excluding hydrogens is 401 g/mol. The van der Waals surface area contributed by atoms with Crippen LogP contribution in [0.4, 0.5) is 24.5 Å². The number of rotatable bonds is 2. The van der Waals surface area contributed by atoms with Crippen LogP contribution in [0.2, 0.25) is 0 Å². The lowest BCUT2D eigenvalue weighted by Gasteiger charge is -2.25.